The first-order valence-corrected chi connectivity index (χ1v) is 11.7. The van der Waals surface area contributed by atoms with Crippen molar-refractivity contribution < 1.29 is 14.3 Å². The van der Waals surface area contributed by atoms with Crippen molar-refractivity contribution in [1.29, 1.82) is 0 Å². The number of rotatable bonds is 5. The van der Waals surface area contributed by atoms with Gasteiger partial charge in [-0.15, -0.1) is 22.7 Å². The third-order valence-corrected chi connectivity index (χ3v) is 6.59. The van der Waals surface area contributed by atoms with E-state index in [0.717, 1.165) is 34.8 Å². The molecular formula is C21H29N3O3S2. The van der Waals surface area contributed by atoms with E-state index >= 15 is 0 Å². The molecule has 2 aromatic heterocycles. The smallest absolute Gasteiger partial charge is 0.410 e. The van der Waals surface area contributed by atoms with E-state index in [1.54, 1.807) is 27.6 Å². The van der Waals surface area contributed by atoms with Crippen molar-refractivity contribution in [1.82, 2.24) is 15.2 Å². The Hall–Kier alpha value is -1.93. The fraction of sp³-hybridized carbons (Fsp3) is 0.571. The third kappa shape index (κ3) is 6.27. The summed E-state index contributed by atoms with van der Waals surface area (Å²) < 4.78 is 5.44. The molecule has 1 unspecified atom stereocenters. The molecule has 0 saturated carbocycles. The van der Waals surface area contributed by atoms with E-state index in [-0.39, 0.29) is 17.9 Å². The fourth-order valence-corrected chi connectivity index (χ4v) is 4.92. The van der Waals surface area contributed by atoms with E-state index in [2.05, 4.69) is 27.8 Å². The summed E-state index contributed by atoms with van der Waals surface area (Å²) in [6, 6.07) is 4.20. The van der Waals surface area contributed by atoms with Crippen molar-refractivity contribution in [3.05, 3.63) is 27.4 Å². The van der Waals surface area contributed by atoms with Crippen LogP contribution in [0.25, 0.3) is 10.6 Å². The number of aromatic nitrogens is 1. The van der Waals surface area contributed by atoms with Crippen molar-refractivity contribution in [3.63, 3.8) is 0 Å². The Kier molecular flexibility index (Phi) is 6.95. The molecule has 1 aliphatic rings. The molecule has 158 valence electrons. The van der Waals surface area contributed by atoms with Crippen LogP contribution in [0.1, 0.15) is 43.5 Å². The Morgan fingerprint density at radius 3 is 2.83 bits per heavy atom. The van der Waals surface area contributed by atoms with Gasteiger partial charge >= 0.3 is 6.09 Å². The highest BCUT2D eigenvalue weighted by atomic mass is 32.1. The van der Waals surface area contributed by atoms with Gasteiger partial charge in [-0.3, -0.25) is 4.79 Å². The van der Waals surface area contributed by atoms with E-state index in [0.29, 0.717) is 19.6 Å². The Labute approximate surface area is 180 Å². The first-order valence-electron chi connectivity index (χ1n) is 9.98. The van der Waals surface area contributed by atoms with E-state index < -0.39 is 5.60 Å². The van der Waals surface area contributed by atoms with E-state index in [9.17, 15) is 9.59 Å². The van der Waals surface area contributed by atoms with E-state index in [1.165, 1.54) is 4.88 Å². The molecule has 0 bridgehead atoms. The van der Waals surface area contributed by atoms with Crippen LogP contribution in [0, 0.1) is 12.8 Å². The molecular weight excluding hydrogens is 406 g/mol. The van der Waals surface area contributed by atoms with Gasteiger partial charge < -0.3 is 15.0 Å². The zero-order valence-corrected chi connectivity index (χ0v) is 19.1. The van der Waals surface area contributed by atoms with Gasteiger partial charge in [0.15, 0.2) is 0 Å². The zero-order chi connectivity index (χ0) is 21.0. The lowest BCUT2D eigenvalue weighted by molar-refractivity contribution is -0.126. The van der Waals surface area contributed by atoms with Crippen molar-refractivity contribution in [3.8, 4) is 10.6 Å². The molecule has 3 heterocycles. The average molecular weight is 436 g/mol. The van der Waals surface area contributed by atoms with Crippen LogP contribution in [-0.2, 0) is 16.0 Å². The predicted molar refractivity (Wildman–Crippen MR) is 117 cm³/mol. The lowest BCUT2D eigenvalue weighted by atomic mass is 9.97. The number of hydrogen-bond donors (Lipinski definition) is 1. The molecule has 0 aliphatic carbocycles. The van der Waals surface area contributed by atoms with Gasteiger partial charge in [-0.05, 0) is 59.1 Å². The molecule has 1 aliphatic heterocycles. The van der Waals surface area contributed by atoms with Crippen LogP contribution in [-0.4, -0.2) is 47.1 Å². The summed E-state index contributed by atoms with van der Waals surface area (Å²) in [4.78, 5) is 33.4. The number of thiophene rings is 1. The van der Waals surface area contributed by atoms with Crippen LogP contribution in [0.2, 0.25) is 0 Å². The summed E-state index contributed by atoms with van der Waals surface area (Å²) in [5, 5.41) is 6.18. The topological polar surface area (TPSA) is 71.5 Å². The number of ether oxygens (including phenoxy) is 1. The quantitative estimate of drug-likeness (QED) is 0.751. The number of hydrogen-bond acceptors (Lipinski definition) is 6. The Bertz CT molecular complexity index is 853. The summed E-state index contributed by atoms with van der Waals surface area (Å²) in [6.45, 7) is 9.23. The lowest BCUT2D eigenvalue weighted by Crippen LogP contribution is -2.47. The maximum atomic E-state index is 12.6. The van der Waals surface area contributed by atoms with Gasteiger partial charge in [-0.25, -0.2) is 9.78 Å². The normalized spacial score (nSPS) is 17.2. The number of carbonyl (C=O) groups is 2. The number of nitrogens with one attached hydrogen (secondary N) is 1. The minimum atomic E-state index is -0.525. The van der Waals surface area contributed by atoms with Gasteiger partial charge in [-0.2, -0.15) is 0 Å². The van der Waals surface area contributed by atoms with Crippen molar-refractivity contribution >= 4 is 34.7 Å². The van der Waals surface area contributed by atoms with Crippen LogP contribution < -0.4 is 5.32 Å². The van der Waals surface area contributed by atoms with Gasteiger partial charge in [0.2, 0.25) is 5.91 Å². The molecule has 8 heteroatoms. The fourth-order valence-electron chi connectivity index (χ4n) is 3.26. The van der Waals surface area contributed by atoms with Gasteiger partial charge in [0, 0.05) is 29.9 Å². The molecule has 1 saturated heterocycles. The lowest BCUT2D eigenvalue weighted by Gasteiger charge is -2.33. The molecule has 29 heavy (non-hydrogen) atoms. The molecule has 0 radical (unpaired) electrons. The van der Waals surface area contributed by atoms with Crippen LogP contribution in [0.3, 0.4) is 0 Å². The number of carbonyl (C=O) groups excluding carboxylic acids is 2. The summed E-state index contributed by atoms with van der Waals surface area (Å²) in [7, 11) is 0. The average Bonchev–Trinajstić information content (AvgIpc) is 3.29. The van der Waals surface area contributed by atoms with Gasteiger partial charge in [0.05, 0.1) is 21.5 Å². The molecule has 2 amide bonds. The SMILES string of the molecule is Cc1nc(-c2ccc(CCNC(=O)C3CCCN(C(=O)OC(C)(C)C)C3)s2)cs1. The van der Waals surface area contributed by atoms with Gasteiger partial charge in [0.25, 0.3) is 0 Å². The largest absolute Gasteiger partial charge is 0.444 e. The number of piperidine rings is 1. The molecule has 0 aromatic carbocycles. The van der Waals surface area contributed by atoms with E-state index in [4.69, 9.17) is 4.74 Å². The number of thiazole rings is 1. The number of aryl methyl sites for hydroxylation is 1. The maximum absolute atomic E-state index is 12.6. The second-order valence-electron chi connectivity index (χ2n) is 8.32. The first kappa shape index (κ1) is 21.8. The summed E-state index contributed by atoms with van der Waals surface area (Å²) in [5.74, 6) is -0.154. The minimum Gasteiger partial charge on any atom is -0.444 e. The van der Waals surface area contributed by atoms with Crippen molar-refractivity contribution in [2.45, 2.75) is 52.6 Å². The molecule has 1 N–H and O–H groups in total. The number of likely N-dealkylation sites (tertiary alicyclic amines) is 1. The minimum absolute atomic E-state index is 0.0187. The monoisotopic (exact) mass is 435 g/mol. The summed E-state index contributed by atoms with van der Waals surface area (Å²) in [5.41, 5.74) is 0.500. The zero-order valence-electron chi connectivity index (χ0n) is 17.5. The first-order chi connectivity index (χ1) is 13.7. The van der Waals surface area contributed by atoms with Crippen molar-refractivity contribution in [2.75, 3.05) is 19.6 Å². The molecule has 0 spiro atoms. The van der Waals surface area contributed by atoms with Crippen LogP contribution in [0.5, 0.6) is 0 Å². The summed E-state index contributed by atoms with van der Waals surface area (Å²) in [6.07, 6.45) is 2.08. The highest BCUT2D eigenvalue weighted by Crippen LogP contribution is 2.29. The third-order valence-electron chi connectivity index (χ3n) is 4.65. The molecule has 6 nitrogen and oxygen atoms in total. The molecule has 3 rings (SSSR count). The van der Waals surface area contributed by atoms with Gasteiger partial charge in [-0.1, -0.05) is 0 Å². The van der Waals surface area contributed by atoms with Gasteiger partial charge in [0.1, 0.15) is 5.60 Å². The van der Waals surface area contributed by atoms with E-state index in [1.807, 2.05) is 27.7 Å². The Morgan fingerprint density at radius 2 is 2.14 bits per heavy atom. The molecule has 2 aromatic rings. The standard InChI is InChI=1S/C21H29N3O3S2/c1-14-23-17(13-28-14)18-8-7-16(29-18)9-10-22-19(25)15-6-5-11-24(12-15)20(26)27-21(2,3)4/h7-8,13,15H,5-6,9-12H2,1-4H3,(H,22,25). The maximum Gasteiger partial charge on any atom is 0.410 e. The van der Waals surface area contributed by atoms with Crippen molar-refractivity contribution in [2.24, 2.45) is 5.92 Å². The highest BCUT2D eigenvalue weighted by Gasteiger charge is 2.30. The summed E-state index contributed by atoms with van der Waals surface area (Å²) >= 11 is 3.37. The van der Waals surface area contributed by atoms with Crippen LogP contribution in [0.15, 0.2) is 17.5 Å². The Morgan fingerprint density at radius 1 is 1.34 bits per heavy atom. The Balaban J connectivity index is 1.46. The second kappa shape index (κ2) is 9.26. The number of amides is 2. The molecule has 1 atom stereocenters. The number of nitrogens with zero attached hydrogens (tertiary/aromatic N) is 2. The highest BCUT2D eigenvalue weighted by molar-refractivity contribution is 7.16. The second-order valence-corrected chi connectivity index (χ2v) is 10.6. The van der Waals surface area contributed by atoms with Crippen LogP contribution in [0.4, 0.5) is 4.79 Å². The predicted octanol–water partition coefficient (Wildman–Crippen LogP) is 4.49. The van der Waals surface area contributed by atoms with Crippen LogP contribution >= 0.6 is 22.7 Å². The molecule has 1 fully saturated rings.